The molecule has 1 aromatic carbocycles. The van der Waals surface area contributed by atoms with Crippen LogP contribution in [-0.4, -0.2) is 45.5 Å². The van der Waals surface area contributed by atoms with Gasteiger partial charge >= 0.3 is 6.18 Å². The van der Waals surface area contributed by atoms with Crippen LogP contribution in [0.3, 0.4) is 0 Å². The molecule has 1 aromatic rings. The number of methoxy groups -OCH3 is 1. The van der Waals surface area contributed by atoms with Gasteiger partial charge in [-0.25, -0.2) is 0 Å². The minimum absolute atomic E-state index is 0. The highest BCUT2D eigenvalue weighted by atomic mass is 127. The van der Waals surface area contributed by atoms with Crippen molar-refractivity contribution in [2.24, 2.45) is 10.9 Å². The molecule has 2 unspecified atom stereocenters. The van der Waals surface area contributed by atoms with E-state index in [2.05, 4.69) is 15.6 Å². The lowest BCUT2D eigenvalue weighted by Gasteiger charge is -2.31. The van der Waals surface area contributed by atoms with Crippen molar-refractivity contribution >= 4 is 29.9 Å². The van der Waals surface area contributed by atoms with Gasteiger partial charge in [-0.05, 0) is 56.7 Å². The number of hydrogen-bond acceptors (Lipinski definition) is 3. The fraction of sp³-hybridized carbons (Fsp3) is 0.667. The molecule has 30 heavy (non-hydrogen) atoms. The van der Waals surface area contributed by atoms with Crippen LogP contribution in [0.1, 0.15) is 44.6 Å². The van der Waals surface area contributed by atoms with E-state index in [0.717, 1.165) is 30.6 Å². The first kappa shape index (κ1) is 26.6. The molecule has 172 valence electrons. The Morgan fingerprint density at radius 3 is 2.63 bits per heavy atom. The van der Waals surface area contributed by atoms with Gasteiger partial charge in [0.05, 0.1) is 19.6 Å². The van der Waals surface area contributed by atoms with Crippen LogP contribution in [0.5, 0.6) is 11.5 Å². The second-order valence-corrected chi connectivity index (χ2v) is 7.27. The second kappa shape index (κ2) is 13.1. The summed E-state index contributed by atoms with van der Waals surface area (Å²) in [6.07, 6.45) is -0.772. The van der Waals surface area contributed by atoms with Crippen LogP contribution < -0.4 is 20.1 Å². The van der Waals surface area contributed by atoms with Crippen molar-refractivity contribution in [2.45, 2.75) is 57.7 Å². The van der Waals surface area contributed by atoms with Crippen LogP contribution in [-0.2, 0) is 6.42 Å². The Morgan fingerprint density at radius 2 is 2.00 bits per heavy atom. The SMILES string of the molecule is CCOc1cc(CCCNC(=NC)NC2CCCC(C(F)(F)F)C2)ccc1OC.I. The molecule has 0 aliphatic heterocycles. The molecule has 0 spiro atoms. The molecule has 2 rings (SSSR count). The summed E-state index contributed by atoms with van der Waals surface area (Å²) < 4.78 is 49.8. The molecule has 0 saturated heterocycles. The summed E-state index contributed by atoms with van der Waals surface area (Å²) >= 11 is 0. The number of aryl methyl sites for hydroxylation is 1. The first-order valence-electron chi connectivity index (χ1n) is 10.2. The average Bonchev–Trinajstić information content (AvgIpc) is 2.70. The predicted molar refractivity (Wildman–Crippen MR) is 124 cm³/mol. The number of nitrogens with one attached hydrogen (secondary N) is 2. The molecule has 2 N–H and O–H groups in total. The summed E-state index contributed by atoms with van der Waals surface area (Å²) in [6, 6.07) is 5.69. The number of nitrogens with zero attached hydrogens (tertiary/aromatic N) is 1. The van der Waals surface area contributed by atoms with Crippen molar-refractivity contribution in [1.29, 1.82) is 0 Å². The van der Waals surface area contributed by atoms with Gasteiger partial charge in [-0.3, -0.25) is 4.99 Å². The normalized spacial score (nSPS) is 19.6. The van der Waals surface area contributed by atoms with Crippen molar-refractivity contribution in [1.82, 2.24) is 10.6 Å². The number of aliphatic imine (C=N–C) groups is 1. The minimum Gasteiger partial charge on any atom is -0.493 e. The average molecular weight is 543 g/mol. The third kappa shape index (κ3) is 8.39. The summed E-state index contributed by atoms with van der Waals surface area (Å²) in [5.74, 6) is 0.779. The third-order valence-corrected chi connectivity index (χ3v) is 5.16. The highest BCUT2D eigenvalue weighted by Crippen LogP contribution is 2.37. The van der Waals surface area contributed by atoms with Gasteiger partial charge in [0.15, 0.2) is 17.5 Å². The number of rotatable bonds is 8. The van der Waals surface area contributed by atoms with E-state index in [1.165, 1.54) is 0 Å². The van der Waals surface area contributed by atoms with Gasteiger partial charge in [0.2, 0.25) is 0 Å². The number of guanidine groups is 1. The molecule has 0 bridgehead atoms. The molecular formula is C21H33F3IN3O2. The summed E-state index contributed by atoms with van der Waals surface area (Å²) in [7, 11) is 3.25. The fourth-order valence-corrected chi connectivity index (χ4v) is 3.65. The fourth-order valence-electron chi connectivity index (χ4n) is 3.65. The Bertz CT molecular complexity index is 671. The number of halogens is 4. The van der Waals surface area contributed by atoms with Crippen LogP contribution >= 0.6 is 24.0 Å². The van der Waals surface area contributed by atoms with E-state index in [4.69, 9.17) is 9.47 Å². The molecule has 1 aliphatic rings. The van der Waals surface area contributed by atoms with Crippen LogP contribution in [0.2, 0.25) is 0 Å². The summed E-state index contributed by atoms with van der Waals surface area (Å²) in [6.45, 7) is 3.17. The predicted octanol–water partition coefficient (Wildman–Crippen LogP) is 4.93. The maximum atomic E-state index is 13.0. The largest absolute Gasteiger partial charge is 0.493 e. The van der Waals surface area contributed by atoms with Crippen molar-refractivity contribution in [3.8, 4) is 11.5 Å². The highest BCUT2D eigenvalue weighted by molar-refractivity contribution is 14.0. The third-order valence-electron chi connectivity index (χ3n) is 5.16. The first-order chi connectivity index (χ1) is 13.9. The number of alkyl halides is 3. The number of ether oxygens (including phenoxy) is 2. The van der Waals surface area contributed by atoms with Crippen molar-refractivity contribution < 1.29 is 22.6 Å². The second-order valence-electron chi connectivity index (χ2n) is 7.27. The van der Waals surface area contributed by atoms with Gasteiger partial charge < -0.3 is 20.1 Å². The molecule has 5 nitrogen and oxygen atoms in total. The lowest BCUT2D eigenvalue weighted by molar-refractivity contribution is -0.183. The van der Waals surface area contributed by atoms with Gasteiger partial charge in [-0.1, -0.05) is 12.5 Å². The molecule has 0 radical (unpaired) electrons. The maximum Gasteiger partial charge on any atom is 0.391 e. The Labute approximate surface area is 194 Å². The van der Waals surface area contributed by atoms with Crippen molar-refractivity contribution in [3.05, 3.63) is 23.8 Å². The van der Waals surface area contributed by atoms with Gasteiger partial charge in [0.25, 0.3) is 0 Å². The van der Waals surface area contributed by atoms with Gasteiger partial charge in [0, 0.05) is 19.6 Å². The molecule has 1 aliphatic carbocycles. The zero-order valence-corrected chi connectivity index (χ0v) is 20.2. The number of hydrogen-bond donors (Lipinski definition) is 2. The molecule has 1 saturated carbocycles. The van der Waals surface area contributed by atoms with Crippen LogP contribution in [0.15, 0.2) is 23.2 Å². The van der Waals surface area contributed by atoms with E-state index >= 15 is 0 Å². The lowest BCUT2D eigenvalue weighted by atomic mass is 9.85. The Morgan fingerprint density at radius 1 is 1.23 bits per heavy atom. The zero-order chi connectivity index (χ0) is 21.3. The van der Waals surface area contributed by atoms with E-state index < -0.39 is 12.1 Å². The summed E-state index contributed by atoms with van der Waals surface area (Å²) in [4.78, 5) is 4.15. The Balaban J connectivity index is 0.00000450. The van der Waals surface area contributed by atoms with Crippen molar-refractivity contribution in [3.63, 3.8) is 0 Å². The lowest BCUT2D eigenvalue weighted by Crippen LogP contribution is -2.47. The Hall–Kier alpha value is -1.39. The van der Waals surface area contributed by atoms with E-state index in [1.54, 1.807) is 14.2 Å². The van der Waals surface area contributed by atoms with E-state index in [1.807, 2.05) is 25.1 Å². The monoisotopic (exact) mass is 543 g/mol. The van der Waals surface area contributed by atoms with Crippen LogP contribution in [0.25, 0.3) is 0 Å². The molecule has 0 amide bonds. The first-order valence-corrected chi connectivity index (χ1v) is 10.2. The topological polar surface area (TPSA) is 54.9 Å². The quantitative estimate of drug-likeness (QED) is 0.211. The van der Waals surface area contributed by atoms with E-state index in [0.29, 0.717) is 31.3 Å². The smallest absolute Gasteiger partial charge is 0.391 e. The highest BCUT2D eigenvalue weighted by Gasteiger charge is 2.42. The van der Waals surface area contributed by atoms with Gasteiger partial charge in [-0.15, -0.1) is 24.0 Å². The van der Waals surface area contributed by atoms with Crippen LogP contribution in [0, 0.1) is 5.92 Å². The van der Waals surface area contributed by atoms with Gasteiger partial charge in [-0.2, -0.15) is 13.2 Å². The molecular weight excluding hydrogens is 510 g/mol. The molecule has 1 fully saturated rings. The molecule has 0 heterocycles. The minimum atomic E-state index is -4.12. The van der Waals surface area contributed by atoms with Crippen LogP contribution in [0.4, 0.5) is 13.2 Å². The van der Waals surface area contributed by atoms with E-state index in [-0.39, 0.29) is 42.9 Å². The molecule has 9 heteroatoms. The standard InChI is InChI=1S/C21H32F3N3O2.HI/c1-4-29-19-13-15(10-11-18(19)28-3)7-6-12-26-20(25-2)27-17-9-5-8-16(14-17)21(22,23)24;/h10-11,13,16-17H,4-9,12,14H2,1-3H3,(H2,25,26,27);1H. The van der Waals surface area contributed by atoms with E-state index in [9.17, 15) is 13.2 Å². The maximum absolute atomic E-state index is 13.0. The van der Waals surface area contributed by atoms with Crippen molar-refractivity contribution in [2.75, 3.05) is 27.3 Å². The summed E-state index contributed by atoms with van der Waals surface area (Å²) in [5, 5.41) is 6.35. The molecule has 2 atom stereocenters. The van der Waals surface area contributed by atoms with Gasteiger partial charge in [0.1, 0.15) is 0 Å². The zero-order valence-electron chi connectivity index (χ0n) is 17.8. The summed E-state index contributed by atoms with van der Waals surface area (Å²) in [5.41, 5.74) is 1.14. The molecule has 0 aromatic heterocycles. The number of benzene rings is 1. The Kier molecular flexibility index (Phi) is 11.6.